The number of fused-ring (bicyclic) bond motifs is 1. The van der Waals surface area contributed by atoms with Gasteiger partial charge in [-0.05, 0) is 24.0 Å². The van der Waals surface area contributed by atoms with E-state index in [0.717, 1.165) is 17.7 Å². The van der Waals surface area contributed by atoms with Crippen molar-refractivity contribution in [3.8, 4) is 0 Å². The van der Waals surface area contributed by atoms with Crippen LogP contribution in [0.1, 0.15) is 43.9 Å². The minimum Gasteiger partial charge on any atom is -0.457 e. The molecule has 3 aromatic rings. The van der Waals surface area contributed by atoms with Crippen LogP contribution in [-0.4, -0.2) is 55.7 Å². The number of H-pyrrole nitrogens is 1. The van der Waals surface area contributed by atoms with E-state index in [1.807, 2.05) is 6.07 Å². The largest absolute Gasteiger partial charge is 0.457 e. The van der Waals surface area contributed by atoms with Gasteiger partial charge in [-0.1, -0.05) is 45.9 Å². The van der Waals surface area contributed by atoms with Crippen LogP contribution in [0.25, 0.3) is 11.2 Å². The normalized spacial score (nSPS) is 12.7. The number of carbonyl (C=O) groups excluding carboxylic acids is 1. The van der Waals surface area contributed by atoms with E-state index in [2.05, 4.69) is 42.6 Å². The lowest BCUT2D eigenvalue weighted by molar-refractivity contribution is 0.0178. The summed E-state index contributed by atoms with van der Waals surface area (Å²) in [5, 5.41) is 0. The van der Waals surface area contributed by atoms with Gasteiger partial charge < -0.3 is 9.72 Å². The first-order valence-electron chi connectivity index (χ1n) is 11.7. The Bertz CT molecular complexity index is 1230. The van der Waals surface area contributed by atoms with Gasteiger partial charge in [-0.15, -0.1) is 0 Å². The molecule has 0 radical (unpaired) electrons. The third kappa shape index (κ3) is 6.02. The molecule has 0 bridgehead atoms. The van der Waals surface area contributed by atoms with E-state index < -0.39 is 23.3 Å². The molecule has 0 saturated heterocycles. The summed E-state index contributed by atoms with van der Waals surface area (Å²) in [4.78, 5) is 47.6. The summed E-state index contributed by atoms with van der Waals surface area (Å²) >= 11 is 0. The molecule has 0 amide bonds. The van der Waals surface area contributed by atoms with Crippen molar-refractivity contribution in [2.24, 2.45) is 25.9 Å². The Morgan fingerprint density at radius 3 is 2.21 bits per heavy atom. The molecule has 1 atom stereocenters. The van der Waals surface area contributed by atoms with Gasteiger partial charge in [0.05, 0.1) is 5.56 Å². The first-order chi connectivity index (χ1) is 16.1. The molecule has 0 fully saturated rings. The average Bonchev–Trinajstić information content (AvgIpc) is 3.19. The molecule has 2 heterocycles. The molecule has 1 unspecified atom stereocenters. The van der Waals surface area contributed by atoms with Crippen molar-refractivity contribution >= 4 is 17.1 Å². The molecule has 1 aromatic carbocycles. The zero-order chi connectivity index (χ0) is 25.0. The van der Waals surface area contributed by atoms with Gasteiger partial charge in [0.15, 0.2) is 5.65 Å². The van der Waals surface area contributed by atoms with E-state index >= 15 is 0 Å². The van der Waals surface area contributed by atoms with Gasteiger partial charge in [-0.2, -0.15) is 0 Å². The number of nitrogens with zero attached hydrogens (tertiary/aromatic N) is 4. The second-order valence-electron chi connectivity index (χ2n) is 9.69. The van der Waals surface area contributed by atoms with Crippen LogP contribution < -0.4 is 11.2 Å². The Kier molecular flexibility index (Phi) is 8.09. The lowest BCUT2D eigenvalue weighted by atomic mass is 10.1. The fourth-order valence-electron chi connectivity index (χ4n) is 4.17. The van der Waals surface area contributed by atoms with Crippen molar-refractivity contribution in [2.75, 3.05) is 19.6 Å². The molecule has 34 heavy (non-hydrogen) atoms. The van der Waals surface area contributed by atoms with Crippen LogP contribution >= 0.6 is 0 Å². The van der Waals surface area contributed by atoms with Crippen molar-refractivity contribution < 1.29 is 9.53 Å². The van der Waals surface area contributed by atoms with Gasteiger partial charge in [-0.3, -0.25) is 18.8 Å². The standard InChI is InChI=1S/C25H35N5O4/c1-16(2)13-30(14-17(3)4)15-19(34-24(32)18-10-8-7-9-11-18)12-20-26-21-22(27-20)28(5)25(33)29(6)23(21)31/h7-11,16-17,19H,12-15H2,1-6H3,(H,26,27). The topological polar surface area (TPSA) is 102 Å². The average molecular weight is 470 g/mol. The predicted octanol–water partition coefficient (Wildman–Crippen LogP) is 2.34. The maximum absolute atomic E-state index is 12.9. The minimum absolute atomic E-state index is 0.258. The van der Waals surface area contributed by atoms with Crippen LogP contribution in [0.4, 0.5) is 0 Å². The highest BCUT2D eigenvalue weighted by Gasteiger charge is 2.24. The number of aromatic nitrogens is 4. The zero-order valence-corrected chi connectivity index (χ0v) is 20.9. The van der Waals surface area contributed by atoms with Crippen LogP contribution in [0, 0.1) is 11.8 Å². The van der Waals surface area contributed by atoms with E-state index in [-0.39, 0.29) is 17.6 Å². The number of hydrogen-bond acceptors (Lipinski definition) is 6. The second-order valence-corrected chi connectivity index (χ2v) is 9.69. The third-order valence-corrected chi connectivity index (χ3v) is 5.56. The number of ether oxygens (including phenoxy) is 1. The molecular weight excluding hydrogens is 434 g/mol. The number of imidazole rings is 1. The number of benzene rings is 1. The van der Waals surface area contributed by atoms with Crippen LogP contribution in [0.5, 0.6) is 0 Å². The lowest BCUT2D eigenvalue weighted by Gasteiger charge is -2.29. The van der Waals surface area contributed by atoms with Crippen LogP contribution in [-0.2, 0) is 25.3 Å². The molecule has 2 aromatic heterocycles. The molecular formula is C25H35N5O4. The second kappa shape index (κ2) is 10.8. The molecule has 9 nitrogen and oxygen atoms in total. The quantitative estimate of drug-likeness (QED) is 0.457. The zero-order valence-electron chi connectivity index (χ0n) is 20.9. The molecule has 0 spiro atoms. The van der Waals surface area contributed by atoms with E-state index in [1.165, 1.54) is 11.6 Å². The number of nitrogens with one attached hydrogen (secondary N) is 1. The Morgan fingerprint density at radius 2 is 1.62 bits per heavy atom. The minimum atomic E-state index is -0.494. The molecule has 1 N–H and O–H groups in total. The monoisotopic (exact) mass is 469 g/mol. The van der Waals surface area contributed by atoms with Gasteiger partial charge in [0.1, 0.15) is 17.4 Å². The molecule has 0 saturated carbocycles. The van der Waals surface area contributed by atoms with Gasteiger partial charge in [0.25, 0.3) is 5.56 Å². The Balaban J connectivity index is 1.93. The van der Waals surface area contributed by atoms with Crippen LogP contribution in [0.2, 0.25) is 0 Å². The highest BCUT2D eigenvalue weighted by molar-refractivity contribution is 5.89. The van der Waals surface area contributed by atoms with Gasteiger partial charge in [-0.25, -0.2) is 14.6 Å². The molecule has 0 aliphatic rings. The number of esters is 1. The van der Waals surface area contributed by atoms with Crippen molar-refractivity contribution in [3.63, 3.8) is 0 Å². The summed E-state index contributed by atoms with van der Waals surface area (Å²) in [7, 11) is 3.01. The van der Waals surface area contributed by atoms with E-state index in [0.29, 0.717) is 29.8 Å². The maximum atomic E-state index is 12.9. The maximum Gasteiger partial charge on any atom is 0.338 e. The summed E-state index contributed by atoms with van der Waals surface area (Å²) in [5.74, 6) is 0.994. The lowest BCUT2D eigenvalue weighted by Crippen LogP contribution is -2.40. The van der Waals surface area contributed by atoms with Gasteiger partial charge >= 0.3 is 11.7 Å². The van der Waals surface area contributed by atoms with Crippen molar-refractivity contribution in [2.45, 2.75) is 40.2 Å². The Morgan fingerprint density at radius 1 is 1.00 bits per heavy atom. The Labute approximate surface area is 199 Å². The molecule has 9 heteroatoms. The first-order valence-corrected chi connectivity index (χ1v) is 11.7. The van der Waals surface area contributed by atoms with Crippen molar-refractivity contribution in [3.05, 3.63) is 62.6 Å². The highest BCUT2D eigenvalue weighted by atomic mass is 16.5. The van der Waals surface area contributed by atoms with E-state index in [9.17, 15) is 14.4 Å². The van der Waals surface area contributed by atoms with Gasteiger partial charge in [0.2, 0.25) is 0 Å². The molecule has 184 valence electrons. The highest BCUT2D eigenvalue weighted by Crippen LogP contribution is 2.14. The smallest absolute Gasteiger partial charge is 0.338 e. The molecule has 0 aliphatic heterocycles. The van der Waals surface area contributed by atoms with E-state index in [1.54, 1.807) is 31.3 Å². The SMILES string of the molecule is CC(C)CN(CC(C)C)CC(Cc1nc2c([nH]1)c(=O)n(C)c(=O)n2C)OC(=O)c1ccccc1. The third-order valence-electron chi connectivity index (χ3n) is 5.56. The summed E-state index contributed by atoms with van der Waals surface area (Å²) < 4.78 is 8.33. The molecule has 0 aliphatic carbocycles. The summed E-state index contributed by atoms with van der Waals surface area (Å²) in [6.45, 7) is 10.9. The fraction of sp³-hybridized carbons (Fsp3) is 0.520. The van der Waals surface area contributed by atoms with Crippen LogP contribution in [0.15, 0.2) is 39.9 Å². The summed E-state index contributed by atoms with van der Waals surface area (Å²) in [5.41, 5.74) is 0.151. The number of hydrogen-bond donors (Lipinski definition) is 1. The van der Waals surface area contributed by atoms with Crippen molar-refractivity contribution in [1.82, 2.24) is 24.0 Å². The van der Waals surface area contributed by atoms with E-state index in [4.69, 9.17) is 4.74 Å². The van der Waals surface area contributed by atoms with Gasteiger partial charge in [0, 0.05) is 40.2 Å². The van der Waals surface area contributed by atoms with Crippen LogP contribution in [0.3, 0.4) is 0 Å². The number of rotatable bonds is 10. The van der Waals surface area contributed by atoms with Crippen molar-refractivity contribution in [1.29, 1.82) is 0 Å². The summed E-state index contributed by atoms with van der Waals surface area (Å²) in [6, 6.07) is 8.89. The number of aromatic amines is 1. The Hall–Kier alpha value is -3.20. The summed E-state index contributed by atoms with van der Waals surface area (Å²) in [6.07, 6.45) is -0.205. The fourth-order valence-corrected chi connectivity index (χ4v) is 4.17. The predicted molar refractivity (Wildman–Crippen MR) is 132 cm³/mol. The number of aryl methyl sites for hydroxylation is 1. The first kappa shape index (κ1) is 25.4. The molecule has 3 rings (SSSR count). The number of carbonyl (C=O) groups is 1.